The molecule has 0 heterocycles. The molecule has 0 aliphatic heterocycles. The Balaban J connectivity index is 3.44. The molecule has 0 aromatic heterocycles. The summed E-state index contributed by atoms with van der Waals surface area (Å²) in [7, 11) is -1.63. The maximum Gasteiger partial charge on any atom is 0.578 e. The number of nitriles is 1. The topological polar surface area (TPSA) is 51.5 Å². The van der Waals surface area contributed by atoms with Crippen LogP contribution in [0.15, 0.2) is 0 Å². The van der Waals surface area contributed by atoms with E-state index in [9.17, 15) is 0 Å². The van der Waals surface area contributed by atoms with Crippen LogP contribution < -0.4 is 0 Å². The van der Waals surface area contributed by atoms with Gasteiger partial charge in [0, 0.05) is 13.2 Å². The van der Waals surface area contributed by atoms with Crippen molar-refractivity contribution in [3.8, 4) is 6.07 Å². The van der Waals surface area contributed by atoms with E-state index >= 15 is 0 Å². The number of hydrogen-bond donors (Lipinski definition) is 0. The predicted octanol–water partition coefficient (Wildman–Crippen LogP) is 0.584. The zero-order valence-electron chi connectivity index (χ0n) is 6.79. The second-order valence-electron chi connectivity index (χ2n) is 1.56. The highest BCUT2D eigenvalue weighted by Crippen LogP contribution is 1.91. The van der Waals surface area contributed by atoms with Crippen LogP contribution in [0.2, 0.25) is 0 Å². The first-order valence-corrected chi connectivity index (χ1v) is 4.69. The van der Waals surface area contributed by atoms with Crippen molar-refractivity contribution in [2.45, 2.75) is 13.8 Å². The molecule has 0 atom stereocenters. The van der Waals surface area contributed by atoms with Gasteiger partial charge in [-0.2, -0.15) is 5.26 Å². The SMILES string of the molecule is CCO[Si](OCC)OCC#N. The molecule has 1 radical (unpaired) electrons. The van der Waals surface area contributed by atoms with Gasteiger partial charge in [-0.25, -0.2) is 0 Å². The third-order valence-electron chi connectivity index (χ3n) is 0.779. The first-order valence-electron chi connectivity index (χ1n) is 3.47. The van der Waals surface area contributed by atoms with Crippen molar-refractivity contribution < 1.29 is 13.3 Å². The van der Waals surface area contributed by atoms with Gasteiger partial charge in [0.15, 0.2) is 0 Å². The Bertz CT molecular complexity index is 119. The molecule has 0 amide bonds. The van der Waals surface area contributed by atoms with E-state index in [0.29, 0.717) is 13.2 Å². The Morgan fingerprint density at radius 3 is 2.09 bits per heavy atom. The van der Waals surface area contributed by atoms with Crippen LogP contribution >= 0.6 is 0 Å². The molecule has 63 valence electrons. The molecule has 5 heteroatoms. The lowest BCUT2D eigenvalue weighted by atomic mass is 10.9. The molecule has 4 nitrogen and oxygen atoms in total. The van der Waals surface area contributed by atoms with E-state index in [1.807, 2.05) is 19.9 Å². The van der Waals surface area contributed by atoms with Crippen LogP contribution in [-0.4, -0.2) is 29.3 Å². The van der Waals surface area contributed by atoms with Gasteiger partial charge in [-0.05, 0) is 13.8 Å². The van der Waals surface area contributed by atoms with Crippen molar-refractivity contribution in [1.29, 1.82) is 5.26 Å². The Kier molecular flexibility index (Phi) is 7.40. The lowest BCUT2D eigenvalue weighted by molar-refractivity contribution is 0.113. The van der Waals surface area contributed by atoms with E-state index in [1.54, 1.807) is 0 Å². The summed E-state index contributed by atoms with van der Waals surface area (Å²) in [5.41, 5.74) is 0. The molecule has 0 bridgehead atoms. The first kappa shape index (κ1) is 10.6. The summed E-state index contributed by atoms with van der Waals surface area (Å²) in [6, 6.07) is 1.86. The average Bonchev–Trinajstić information content (AvgIpc) is 2.01. The molecular weight excluding hydrogens is 162 g/mol. The van der Waals surface area contributed by atoms with Crippen LogP contribution in [0.4, 0.5) is 0 Å². The van der Waals surface area contributed by atoms with Gasteiger partial charge in [0.05, 0.1) is 6.07 Å². The second-order valence-corrected chi connectivity index (χ2v) is 2.93. The van der Waals surface area contributed by atoms with Crippen LogP contribution in [0.25, 0.3) is 0 Å². The Hall–Kier alpha value is -0.413. The van der Waals surface area contributed by atoms with Gasteiger partial charge in [0.25, 0.3) is 0 Å². The minimum absolute atomic E-state index is 0.0360. The first-order chi connectivity index (χ1) is 5.35. The minimum Gasteiger partial charge on any atom is -0.371 e. The molecule has 0 rings (SSSR count). The molecule has 0 aromatic rings. The highest BCUT2D eigenvalue weighted by molar-refractivity contribution is 6.36. The lowest BCUT2D eigenvalue weighted by Gasteiger charge is -2.09. The minimum atomic E-state index is -1.63. The van der Waals surface area contributed by atoms with Gasteiger partial charge in [-0.15, -0.1) is 0 Å². The summed E-state index contributed by atoms with van der Waals surface area (Å²) < 4.78 is 15.1. The second kappa shape index (κ2) is 7.69. The molecule has 0 N–H and O–H groups in total. The van der Waals surface area contributed by atoms with E-state index in [4.69, 9.17) is 18.5 Å². The van der Waals surface area contributed by atoms with Crippen molar-refractivity contribution in [3.05, 3.63) is 0 Å². The van der Waals surface area contributed by atoms with Crippen LogP contribution in [0, 0.1) is 11.3 Å². The summed E-state index contributed by atoms with van der Waals surface area (Å²) in [5.74, 6) is 0. The van der Waals surface area contributed by atoms with E-state index in [-0.39, 0.29) is 6.61 Å². The fourth-order valence-electron chi connectivity index (χ4n) is 0.452. The molecule has 11 heavy (non-hydrogen) atoms. The summed E-state index contributed by atoms with van der Waals surface area (Å²) in [4.78, 5) is 0. The molecule has 0 spiro atoms. The summed E-state index contributed by atoms with van der Waals surface area (Å²) in [6.07, 6.45) is 0. The third kappa shape index (κ3) is 6.00. The molecule has 0 saturated heterocycles. The average molecular weight is 174 g/mol. The standard InChI is InChI=1S/C6H12NO3Si/c1-3-8-11(9-4-2)10-6-5-7/h3-4,6H2,1-2H3. The summed E-state index contributed by atoms with van der Waals surface area (Å²) >= 11 is 0. The highest BCUT2D eigenvalue weighted by Gasteiger charge is 2.16. The fraction of sp³-hybridized carbons (Fsp3) is 0.833. The lowest BCUT2D eigenvalue weighted by Crippen LogP contribution is -2.27. The molecular formula is C6H12NO3Si. The molecule has 0 fully saturated rings. The van der Waals surface area contributed by atoms with Crippen molar-refractivity contribution >= 4 is 9.53 Å². The predicted molar refractivity (Wildman–Crippen MR) is 40.6 cm³/mol. The van der Waals surface area contributed by atoms with Gasteiger partial charge in [-0.3, -0.25) is 0 Å². The Morgan fingerprint density at radius 1 is 1.18 bits per heavy atom. The van der Waals surface area contributed by atoms with Crippen LogP contribution in [-0.2, 0) is 13.3 Å². The fourth-order valence-corrected chi connectivity index (χ4v) is 1.36. The highest BCUT2D eigenvalue weighted by atomic mass is 28.3. The summed E-state index contributed by atoms with van der Waals surface area (Å²) in [6.45, 7) is 4.87. The van der Waals surface area contributed by atoms with E-state index < -0.39 is 9.53 Å². The maximum atomic E-state index is 8.18. The van der Waals surface area contributed by atoms with E-state index in [0.717, 1.165) is 0 Å². The van der Waals surface area contributed by atoms with Gasteiger partial charge in [0.1, 0.15) is 6.61 Å². The van der Waals surface area contributed by atoms with Crippen LogP contribution in [0.1, 0.15) is 13.8 Å². The third-order valence-corrected chi connectivity index (χ3v) is 2.21. The zero-order chi connectivity index (χ0) is 8.53. The van der Waals surface area contributed by atoms with Gasteiger partial charge < -0.3 is 13.3 Å². The number of rotatable bonds is 6. The smallest absolute Gasteiger partial charge is 0.371 e. The van der Waals surface area contributed by atoms with Crippen molar-refractivity contribution in [1.82, 2.24) is 0 Å². The van der Waals surface area contributed by atoms with Gasteiger partial charge >= 0.3 is 9.53 Å². The van der Waals surface area contributed by atoms with E-state index in [1.165, 1.54) is 0 Å². The van der Waals surface area contributed by atoms with Gasteiger partial charge in [-0.1, -0.05) is 0 Å². The van der Waals surface area contributed by atoms with E-state index in [2.05, 4.69) is 0 Å². The quantitative estimate of drug-likeness (QED) is 0.553. The number of hydrogen-bond acceptors (Lipinski definition) is 4. The van der Waals surface area contributed by atoms with Crippen molar-refractivity contribution in [3.63, 3.8) is 0 Å². The molecule has 0 aliphatic rings. The normalized spacial score (nSPS) is 10.0. The maximum absolute atomic E-state index is 8.18. The van der Waals surface area contributed by atoms with Crippen LogP contribution in [0.3, 0.4) is 0 Å². The Labute approximate surface area is 68.6 Å². The van der Waals surface area contributed by atoms with Crippen molar-refractivity contribution in [2.24, 2.45) is 0 Å². The zero-order valence-corrected chi connectivity index (χ0v) is 7.79. The number of nitrogens with zero attached hydrogens (tertiary/aromatic N) is 1. The van der Waals surface area contributed by atoms with Gasteiger partial charge in [0.2, 0.25) is 0 Å². The monoisotopic (exact) mass is 174 g/mol. The molecule has 0 aliphatic carbocycles. The largest absolute Gasteiger partial charge is 0.578 e. The molecule has 0 saturated carbocycles. The Morgan fingerprint density at radius 2 is 1.73 bits per heavy atom. The van der Waals surface area contributed by atoms with Crippen molar-refractivity contribution in [2.75, 3.05) is 19.8 Å². The summed E-state index contributed by atoms with van der Waals surface area (Å²) in [5, 5.41) is 8.18. The molecule has 0 unspecified atom stereocenters. The van der Waals surface area contributed by atoms with Crippen LogP contribution in [0.5, 0.6) is 0 Å². The molecule has 0 aromatic carbocycles.